The summed E-state index contributed by atoms with van der Waals surface area (Å²) in [5.41, 5.74) is 3.99. The summed E-state index contributed by atoms with van der Waals surface area (Å²) in [6.07, 6.45) is 2.00. The Morgan fingerprint density at radius 3 is 2.67 bits per heavy atom. The Bertz CT molecular complexity index is 818. The normalized spacial score (nSPS) is 12.1. The molecular weight excluding hydrogens is 300 g/mol. The van der Waals surface area contributed by atoms with E-state index >= 15 is 0 Å². The zero-order chi connectivity index (χ0) is 16.9. The van der Waals surface area contributed by atoms with Gasteiger partial charge in [0.1, 0.15) is 11.3 Å². The number of hydrogen-bond donors (Lipinski definition) is 2. The molecule has 4 heteroatoms. The van der Waals surface area contributed by atoms with Gasteiger partial charge in [-0.2, -0.15) is 0 Å². The molecule has 0 spiro atoms. The van der Waals surface area contributed by atoms with E-state index in [1.54, 1.807) is 7.11 Å². The topological polar surface area (TPSA) is 54.4 Å². The number of benzene rings is 2. The molecule has 1 atom stereocenters. The van der Waals surface area contributed by atoms with Gasteiger partial charge in [0.2, 0.25) is 0 Å². The van der Waals surface area contributed by atoms with E-state index in [1.165, 1.54) is 0 Å². The number of hydrogen-bond acceptors (Lipinski definition) is 4. The molecule has 0 bridgehead atoms. The summed E-state index contributed by atoms with van der Waals surface area (Å²) in [6.45, 7) is 2.49. The molecule has 0 aliphatic rings. The molecule has 1 aromatic heterocycles. The Morgan fingerprint density at radius 2 is 1.92 bits per heavy atom. The van der Waals surface area contributed by atoms with Crippen molar-refractivity contribution in [1.29, 1.82) is 0 Å². The largest absolute Gasteiger partial charge is 0.494 e. The van der Waals surface area contributed by atoms with E-state index in [0.717, 1.165) is 33.5 Å². The first-order valence-corrected chi connectivity index (χ1v) is 8.07. The van der Waals surface area contributed by atoms with Crippen LogP contribution in [0.25, 0.3) is 10.9 Å². The lowest BCUT2D eigenvalue weighted by Gasteiger charge is -2.17. The van der Waals surface area contributed by atoms with Crippen LogP contribution < -0.4 is 10.1 Å². The lowest BCUT2D eigenvalue weighted by molar-refractivity contribution is 0.188. The number of para-hydroxylation sites is 1. The van der Waals surface area contributed by atoms with Crippen LogP contribution in [0.15, 0.2) is 54.7 Å². The van der Waals surface area contributed by atoms with Crippen LogP contribution in [-0.4, -0.2) is 29.8 Å². The highest BCUT2D eigenvalue weighted by Gasteiger charge is 2.11. The maximum atomic E-state index is 10.3. The van der Waals surface area contributed by atoms with Gasteiger partial charge in [0.25, 0.3) is 0 Å². The summed E-state index contributed by atoms with van der Waals surface area (Å²) >= 11 is 0. The van der Waals surface area contributed by atoms with E-state index in [2.05, 4.69) is 10.3 Å². The number of pyridine rings is 1. The average Bonchev–Trinajstić information content (AvgIpc) is 2.61. The summed E-state index contributed by atoms with van der Waals surface area (Å²) < 4.78 is 5.39. The zero-order valence-corrected chi connectivity index (χ0v) is 14.0. The van der Waals surface area contributed by atoms with Gasteiger partial charge >= 0.3 is 0 Å². The molecule has 4 nitrogen and oxygen atoms in total. The van der Waals surface area contributed by atoms with Crippen molar-refractivity contribution in [2.24, 2.45) is 0 Å². The van der Waals surface area contributed by atoms with Crippen molar-refractivity contribution >= 4 is 16.6 Å². The van der Waals surface area contributed by atoms with Crippen molar-refractivity contribution in [3.63, 3.8) is 0 Å². The number of aromatic nitrogens is 1. The molecule has 2 aromatic carbocycles. The van der Waals surface area contributed by atoms with Crippen molar-refractivity contribution in [3.8, 4) is 5.75 Å². The second-order valence-corrected chi connectivity index (χ2v) is 5.90. The first-order valence-electron chi connectivity index (χ1n) is 8.07. The minimum Gasteiger partial charge on any atom is -0.494 e. The molecule has 0 aliphatic heterocycles. The molecular formula is C20H22N2O2. The molecule has 0 radical (unpaired) electrons. The van der Waals surface area contributed by atoms with Crippen LogP contribution in [0.3, 0.4) is 0 Å². The van der Waals surface area contributed by atoms with E-state index in [-0.39, 0.29) is 0 Å². The minimum absolute atomic E-state index is 0.458. The van der Waals surface area contributed by atoms with Gasteiger partial charge in [-0.15, -0.1) is 0 Å². The highest BCUT2D eigenvalue weighted by atomic mass is 16.5. The molecule has 1 unspecified atom stereocenters. The van der Waals surface area contributed by atoms with Gasteiger partial charge in [-0.3, -0.25) is 4.98 Å². The molecule has 3 rings (SSSR count). The highest BCUT2D eigenvalue weighted by Crippen LogP contribution is 2.31. The molecule has 24 heavy (non-hydrogen) atoms. The highest BCUT2D eigenvalue weighted by molar-refractivity contribution is 5.96. The Hall–Kier alpha value is -2.59. The Kier molecular flexibility index (Phi) is 4.96. The van der Waals surface area contributed by atoms with Gasteiger partial charge in [0.15, 0.2) is 0 Å². The van der Waals surface area contributed by atoms with E-state index in [4.69, 9.17) is 4.74 Å². The van der Waals surface area contributed by atoms with E-state index < -0.39 is 6.10 Å². The number of aliphatic hydroxyl groups is 1. The Labute approximate surface area is 142 Å². The van der Waals surface area contributed by atoms with E-state index in [1.807, 2.05) is 61.7 Å². The second kappa shape index (κ2) is 7.32. The fourth-order valence-electron chi connectivity index (χ4n) is 2.87. The van der Waals surface area contributed by atoms with Crippen LogP contribution in [0.4, 0.5) is 5.69 Å². The molecule has 2 N–H and O–H groups in total. The number of methoxy groups -OCH3 is 1. The number of rotatable bonds is 6. The lowest BCUT2D eigenvalue weighted by atomic mass is 10.1. The quantitative estimate of drug-likeness (QED) is 0.728. The molecule has 3 aromatic rings. The predicted molar refractivity (Wildman–Crippen MR) is 97.7 cm³/mol. The predicted octanol–water partition coefficient (Wildman–Crippen LogP) is 3.57. The van der Waals surface area contributed by atoms with Crippen LogP contribution in [0.5, 0.6) is 5.75 Å². The third kappa shape index (κ3) is 3.49. The summed E-state index contributed by atoms with van der Waals surface area (Å²) in [7, 11) is 1.65. The van der Waals surface area contributed by atoms with Crippen molar-refractivity contribution in [2.75, 3.05) is 19.0 Å². The van der Waals surface area contributed by atoms with E-state index in [0.29, 0.717) is 13.0 Å². The smallest absolute Gasteiger partial charge is 0.145 e. The summed E-state index contributed by atoms with van der Waals surface area (Å²) in [6, 6.07) is 15.9. The SMILES string of the molecule is COc1cccc2c(NCC(O)Cc3ccccc3)c(C)cnc12. The van der Waals surface area contributed by atoms with Gasteiger partial charge in [-0.25, -0.2) is 0 Å². The number of aryl methyl sites for hydroxylation is 1. The van der Waals surface area contributed by atoms with Gasteiger partial charge < -0.3 is 15.2 Å². The van der Waals surface area contributed by atoms with Gasteiger partial charge in [0.05, 0.1) is 13.2 Å². The summed E-state index contributed by atoms with van der Waals surface area (Å²) in [5.74, 6) is 0.750. The summed E-state index contributed by atoms with van der Waals surface area (Å²) in [5, 5.41) is 14.7. The van der Waals surface area contributed by atoms with Crippen molar-refractivity contribution in [3.05, 3.63) is 65.9 Å². The minimum atomic E-state index is -0.458. The van der Waals surface area contributed by atoms with Crippen LogP contribution in [0.2, 0.25) is 0 Å². The van der Waals surface area contributed by atoms with Crippen LogP contribution >= 0.6 is 0 Å². The molecule has 0 fully saturated rings. The average molecular weight is 322 g/mol. The maximum absolute atomic E-state index is 10.3. The number of aliphatic hydroxyl groups excluding tert-OH is 1. The number of ether oxygens (including phenoxy) is 1. The molecule has 0 saturated carbocycles. The van der Waals surface area contributed by atoms with Gasteiger partial charge in [0, 0.05) is 30.2 Å². The standard InChI is InChI=1S/C20H22N2O2/c1-14-12-21-20-17(9-6-10-18(20)24-2)19(14)22-13-16(23)11-15-7-4-3-5-8-15/h3-10,12,16,23H,11,13H2,1-2H3,(H,21,22). The monoisotopic (exact) mass is 322 g/mol. The zero-order valence-electron chi connectivity index (χ0n) is 14.0. The summed E-state index contributed by atoms with van der Waals surface area (Å²) in [4.78, 5) is 4.48. The van der Waals surface area contributed by atoms with Gasteiger partial charge in [-0.1, -0.05) is 42.5 Å². The first kappa shape index (κ1) is 16.3. The van der Waals surface area contributed by atoms with E-state index in [9.17, 15) is 5.11 Å². The third-order valence-electron chi connectivity index (χ3n) is 4.10. The van der Waals surface area contributed by atoms with Crippen LogP contribution in [0, 0.1) is 6.92 Å². The molecule has 1 heterocycles. The number of fused-ring (bicyclic) bond motifs is 1. The van der Waals surface area contributed by atoms with Crippen molar-refractivity contribution in [2.45, 2.75) is 19.4 Å². The lowest BCUT2D eigenvalue weighted by Crippen LogP contribution is -2.22. The van der Waals surface area contributed by atoms with Crippen LogP contribution in [-0.2, 0) is 6.42 Å². The third-order valence-corrected chi connectivity index (χ3v) is 4.10. The first-order chi connectivity index (χ1) is 11.7. The molecule has 124 valence electrons. The maximum Gasteiger partial charge on any atom is 0.145 e. The molecule has 0 aliphatic carbocycles. The fraction of sp³-hybridized carbons (Fsp3) is 0.250. The number of nitrogens with zero attached hydrogens (tertiary/aromatic N) is 1. The van der Waals surface area contributed by atoms with Gasteiger partial charge in [-0.05, 0) is 24.1 Å². The molecule has 0 saturated heterocycles. The second-order valence-electron chi connectivity index (χ2n) is 5.90. The van der Waals surface area contributed by atoms with Crippen molar-refractivity contribution in [1.82, 2.24) is 4.98 Å². The molecule has 0 amide bonds. The Morgan fingerprint density at radius 1 is 1.12 bits per heavy atom. The number of nitrogens with one attached hydrogen (secondary N) is 1. The van der Waals surface area contributed by atoms with Crippen LogP contribution in [0.1, 0.15) is 11.1 Å². The van der Waals surface area contributed by atoms with Crippen molar-refractivity contribution < 1.29 is 9.84 Å². The Balaban J connectivity index is 1.78. The fourth-order valence-corrected chi connectivity index (χ4v) is 2.87. The number of anilines is 1.